The van der Waals surface area contributed by atoms with Crippen LogP contribution < -0.4 is 75.7 Å². The molecule has 15 atom stereocenters. The van der Waals surface area contributed by atoms with Crippen LogP contribution in [0.4, 0.5) is 0 Å². The quantitative estimate of drug-likeness (QED) is 0.0180. The molecule has 0 bridgehead atoms. The number of aromatic hydroxyl groups is 1. The Morgan fingerprint density at radius 2 is 1.15 bits per heavy atom. The zero-order valence-electron chi connectivity index (χ0n) is 78.0. The Hall–Kier alpha value is -13.3. The SMILES string of the molecule is CCCC[C@H]1C(=O)N(C)[C@@H](CCCC)C(=O)N[C@@H](CCCNC(=N)N)C(=O)NC(C(=O)NCC(N)=O)CSCC(=O)N[C@@H](Cc2ccc(O)cc2)C(=O)N(C)[C@@H](C)C(=O)N[C@@H](CC(N)=O)C(=O)N2CCC[C@H]2C(=O)N[C@@H](Cc2cnc[nH]2)C(=O)N[C@@H](CC(C)C)C(=O)N2[C@@H](C)CC[C@H]2C(=O)N[C@@H](Cc2c[nH]c3ccccc23)C(=O)N[C@@H](CO)C(=O)N[C@@H](Cc2csc3ccccc23)C(=O)N1C. The Morgan fingerprint density at radius 1 is 0.559 bits per heavy atom. The van der Waals surface area contributed by atoms with E-state index in [0.29, 0.717) is 59.0 Å². The van der Waals surface area contributed by atoms with E-state index in [4.69, 9.17) is 22.6 Å². The fourth-order valence-corrected chi connectivity index (χ4v) is 18.8. The summed E-state index contributed by atoms with van der Waals surface area (Å²) in [6, 6.07) is -1.83. The van der Waals surface area contributed by atoms with Gasteiger partial charge < -0.3 is 120 Å². The summed E-state index contributed by atoms with van der Waals surface area (Å²) in [7, 11) is 3.95. The van der Waals surface area contributed by atoms with Crippen LogP contribution in [-0.4, -0.2) is 306 Å². The molecule has 6 aromatic rings. The summed E-state index contributed by atoms with van der Waals surface area (Å²) in [6.45, 7) is 8.40. The summed E-state index contributed by atoms with van der Waals surface area (Å²) in [5.74, 6) is -17.3. The number of aromatic nitrogens is 3. The van der Waals surface area contributed by atoms with Gasteiger partial charge in [-0.2, -0.15) is 0 Å². The Balaban J connectivity index is 1.10. The molecule has 0 aliphatic carbocycles. The molecule has 0 radical (unpaired) electrons. The normalized spacial score (nSPS) is 24.7. The molecule has 9 rings (SSSR count). The summed E-state index contributed by atoms with van der Waals surface area (Å²) in [4.78, 5) is 267. The number of H-pyrrole nitrogens is 2. The number of likely N-dealkylation sites (N-methyl/N-ethyl adjacent to an activating group) is 3. The average molecular weight is 1930 g/mol. The molecule has 1 unspecified atom stereocenters. The number of hydrogen-bond donors (Lipinski definition) is 19. The maximum atomic E-state index is 15.8. The molecule has 136 heavy (non-hydrogen) atoms. The summed E-state index contributed by atoms with van der Waals surface area (Å²) in [5.41, 5.74) is 19.4. The van der Waals surface area contributed by atoms with Crippen molar-refractivity contribution in [3.8, 4) is 5.75 Å². The molecule has 3 saturated heterocycles. The van der Waals surface area contributed by atoms with Crippen molar-refractivity contribution < 1.29 is 91.7 Å². The molecule has 0 spiro atoms. The van der Waals surface area contributed by atoms with Gasteiger partial charge in [-0.05, 0) is 129 Å². The van der Waals surface area contributed by atoms with Gasteiger partial charge in [-0.25, -0.2) is 4.98 Å². The second kappa shape index (κ2) is 50.9. The number of nitrogens with one attached hydrogen (secondary N) is 14. The maximum absolute atomic E-state index is 15.8. The number of unbranched alkanes of at least 4 members (excludes halogenated alkanes) is 2. The minimum atomic E-state index is -1.84. The first-order chi connectivity index (χ1) is 64.8. The van der Waals surface area contributed by atoms with Crippen molar-refractivity contribution in [2.75, 3.05) is 58.9 Å². The second-order valence-electron chi connectivity index (χ2n) is 35.2. The van der Waals surface area contributed by atoms with Crippen LogP contribution in [0.5, 0.6) is 5.75 Å². The van der Waals surface area contributed by atoms with Crippen LogP contribution >= 0.6 is 23.1 Å². The van der Waals surface area contributed by atoms with Crippen molar-refractivity contribution in [1.29, 1.82) is 5.41 Å². The summed E-state index contributed by atoms with van der Waals surface area (Å²) < 4.78 is 0.825. The Morgan fingerprint density at radius 3 is 1.80 bits per heavy atom. The van der Waals surface area contributed by atoms with Gasteiger partial charge >= 0.3 is 0 Å². The van der Waals surface area contributed by atoms with E-state index in [0.717, 1.165) is 36.5 Å². The van der Waals surface area contributed by atoms with Crippen molar-refractivity contribution in [2.45, 2.75) is 248 Å². The van der Waals surface area contributed by atoms with Crippen LogP contribution in [0, 0.1) is 11.3 Å². The van der Waals surface area contributed by atoms with Crippen molar-refractivity contribution in [2.24, 2.45) is 23.1 Å². The molecule has 17 amide bonds. The number of primary amides is 2. The predicted molar refractivity (Wildman–Crippen MR) is 507 cm³/mol. The molecule has 0 saturated carbocycles. The smallest absolute Gasteiger partial charge is 0.246 e. The minimum absolute atomic E-state index is 0.00491. The average Bonchev–Trinajstić information content (AvgIpc) is 1.67. The van der Waals surface area contributed by atoms with E-state index in [9.17, 15) is 53.4 Å². The van der Waals surface area contributed by atoms with E-state index in [2.05, 4.69) is 73.4 Å². The largest absolute Gasteiger partial charge is 0.508 e. The molecule has 22 N–H and O–H groups in total. The van der Waals surface area contributed by atoms with E-state index in [1.807, 2.05) is 32.0 Å². The molecule has 738 valence electrons. The van der Waals surface area contributed by atoms with E-state index in [1.165, 1.54) is 86.0 Å². The first kappa shape index (κ1) is 106. The number of aliphatic hydroxyl groups is 1. The number of nitrogens with two attached hydrogens (primary N) is 3. The number of benzene rings is 3. The number of thioether (sulfide) groups is 1. The van der Waals surface area contributed by atoms with Gasteiger partial charge in [0.15, 0.2) is 5.96 Å². The molecular weight excluding hydrogens is 1800 g/mol. The molecule has 3 aliphatic heterocycles. The third-order valence-electron chi connectivity index (χ3n) is 24.6. The van der Waals surface area contributed by atoms with Crippen LogP contribution in [0.3, 0.4) is 0 Å². The first-order valence-corrected chi connectivity index (χ1v) is 47.9. The monoisotopic (exact) mass is 1920 g/mol. The van der Waals surface area contributed by atoms with Crippen LogP contribution in [0.25, 0.3) is 21.0 Å². The van der Waals surface area contributed by atoms with Crippen molar-refractivity contribution in [3.05, 3.63) is 119 Å². The van der Waals surface area contributed by atoms with Gasteiger partial charge in [0, 0.05) is 105 Å². The number of thiophene rings is 1. The van der Waals surface area contributed by atoms with Crippen LogP contribution in [0.2, 0.25) is 0 Å². The highest BCUT2D eigenvalue weighted by atomic mass is 32.2. The molecule has 6 heterocycles. The van der Waals surface area contributed by atoms with Crippen molar-refractivity contribution >= 4 is 150 Å². The lowest BCUT2D eigenvalue weighted by atomic mass is 10.00. The van der Waals surface area contributed by atoms with E-state index < -0.39 is 228 Å². The number of nitrogens with zero attached hydrogens (tertiary/aromatic N) is 6. The Labute approximate surface area is 796 Å². The third-order valence-corrected chi connectivity index (χ3v) is 26.6. The van der Waals surface area contributed by atoms with Gasteiger partial charge in [-0.3, -0.25) is 86.9 Å². The second-order valence-corrected chi connectivity index (χ2v) is 37.1. The fourth-order valence-electron chi connectivity index (χ4n) is 17.0. The number of fused-ring (bicyclic) bond motifs is 4. The summed E-state index contributed by atoms with van der Waals surface area (Å²) >= 11 is 2.13. The zero-order valence-corrected chi connectivity index (χ0v) is 79.6. The summed E-state index contributed by atoms with van der Waals surface area (Å²) in [6.07, 6.45) is 4.61. The van der Waals surface area contributed by atoms with Crippen molar-refractivity contribution in [3.63, 3.8) is 0 Å². The van der Waals surface area contributed by atoms with Crippen LogP contribution in [0.15, 0.2) is 96.9 Å². The summed E-state index contributed by atoms with van der Waals surface area (Å²) in [5, 5.41) is 62.0. The van der Waals surface area contributed by atoms with Gasteiger partial charge in [0.1, 0.15) is 90.3 Å². The number of para-hydroxylation sites is 1. The minimum Gasteiger partial charge on any atom is -0.508 e. The first-order valence-electron chi connectivity index (χ1n) is 45.8. The molecule has 3 aliphatic rings. The number of aliphatic hydroxyl groups excluding tert-OH is 1. The van der Waals surface area contributed by atoms with Gasteiger partial charge in [0.05, 0.1) is 31.7 Å². The highest BCUT2D eigenvalue weighted by molar-refractivity contribution is 8.00. The number of rotatable bonds is 26. The number of phenolic OH excluding ortho intramolecular Hbond substituents is 1. The third kappa shape index (κ3) is 29.4. The zero-order chi connectivity index (χ0) is 99.3. The number of carbonyl (C=O) groups excluding carboxylic acids is 17. The Kier molecular flexibility index (Phi) is 39.8. The topological polar surface area (TPSA) is 626 Å². The van der Waals surface area contributed by atoms with E-state index >= 15 is 38.4 Å². The van der Waals surface area contributed by atoms with Crippen molar-refractivity contribution in [1.82, 2.24) is 97.9 Å². The predicted octanol–water partition coefficient (Wildman–Crippen LogP) is -0.778. The van der Waals surface area contributed by atoms with E-state index in [1.54, 1.807) is 62.7 Å². The molecular formula is C92H129N23O19S2. The molecule has 42 nitrogen and oxygen atoms in total. The lowest BCUT2D eigenvalue weighted by Gasteiger charge is -2.36. The standard InChI is InChI=1S/C92H129N23O19S2/c1-10-12-24-70-84(127)103-61(23-18-34-98-92(95)96)80(123)110-69(79(122)100-44-76(94)119)47-135-48-77(120)102-65(37-53-29-31-57(117)32-30-53)87(130)111(7)52(6)78(121)106-67(41-75(93)118)89(132)114-35-19-26-71(114)85(128)105-63(40-56-43-97-49-101-56)82(125)107-64(36-50(3)4)90(133)115-51(5)28-33-72(115)86(129)104-62(38-54-42-99-60-22-16-14-20-58(54)60)81(124)109-68(45-116)83(126)108-66(39-55-46-136-74-27-17-15-21-59(55)74)88(131)113(9)73(25-13-11-2)91(134)112(70)8/h14-17,20-22,27,29-32,42-43,46,49-52,61-73,99,116-117H,10-13,18-19,23-26,28,33-41,44-45,47-48H2,1-9H3,(H2,93,118)(H2,94,119)(H,97,101)(H,100,122)(H,102,120)(H,103,127)(H,104,129)(H,105,128)(H,106,121)(H,107,125)(H,108,126)(H,109,124)(H,110,123)(H4,95,96,98)/t51-,52-,61-,62-,63-,64-,65-,66-,67-,68-,69?,70-,71-,72-,73-/m0/s1. The van der Waals surface area contributed by atoms with Gasteiger partial charge in [-0.15, -0.1) is 23.1 Å². The molecule has 3 aromatic carbocycles. The van der Waals surface area contributed by atoms with Gasteiger partial charge in [0.2, 0.25) is 100 Å². The molecule has 44 heteroatoms. The van der Waals surface area contributed by atoms with Gasteiger partial charge in [-0.1, -0.05) is 102 Å². The highest BCUT2D eigenvalue weighted by Gasteiger charge is 2.47. The molecule has 3 aromatic heterocycles. The number of phenols is 1. The number of hydrogen-bond acceptors (Lipinski definition) is 23. The molecule has 3 fully saturated rings. The number of carbonyl (C=O) groups is 17. The lowest BCUT2D eigenvalue weighted by Crippen LogP contribution is -2.62. The lowest BCUT2D eigenvalue weighted by molar-refractivity contribution is -0.149. The van der Waals surface area contributed by atoms with Crippen LogP contribution in [-0.2, 0) is 107 Å². The number of amides is 17. The van der Waals surface area contributed by atoms with Gasteiger partial charge in [0.25, 0.3) is 0 Å². The number of guanidine groups is 1. The maximum Gasteiger partial charge on any atom is 0.246 e. The number of imidazole rings is 1. The fraction of sp³-hybridized carbons (Fsp3) is 0.533. The highest BCUT2D eigenvalue weighted by Crippen LogP contribution is 2.31. The van der Waals surface area contributed by atoms with E-state index in [-0.39, 0.29) is 108 Å². The Bertz CT molecular complexity index is 5250. The van der Waals surface area contributed by atoms with Crippen LogP contribution in [0.1, 0.15) is 154 Å². The number of aromatic amines is 2.